The maximum atomic E-state index is 13.6. The van der Waals surface area contributed by atoms with Gasteiger partial charge < -0.3 is 20.5 Å². The summed E-state index contributed by atoms with van der Waals surface area (Å²) in [5.74, 6) is -0.863. The molecule has 3 amide bonds. The summed E-state index contributed by atoms with van der Waals surface area (Å²) in [6.07, 6.45) is 0.737. The van der Waals surface area contributed by atoms with Crippen molar-refractivity contribution in [3.8, 4) is 5.75 Å². The molecule has 8 nitrogen and oxygen atoms in total. The minimum Gasteiger partial charge on any atom is -0.508 e. The van der Waals surface area contributed by atoms with Crippen molar-refractivity contribution in [1.82, 2.24) is 10.2 Å². The summed E-state index contributed by atoms with van der Waals surface area (Å²) in [6, 6.07) is 7.55. The van der Waals surface area contributed by atoms with Gasteiger partial charge in [-0.05, 0) is 120 Å². The van der Waals surface area contributed by atoms with E-state index in [9.17, 15) is 19.5 Å². The molecular formula is C30H43N3O5. The van der Waals surface area contributed by atoms with Crippen LogP contribution in [0.15, 0.2) is 30.3 Å². The van der Waals surface area contributed by atoms with E-state index in [2.05, 4.69) is 31.3 Å². The Bertz CT molecular complexity index is 1130. The molecule has 8 heteroatoms. The lowest BCUT2D eigenvalue weighted by Gasteiger charge is -2.31. The van der Waals surface area contributed by atoms with E-state index in [-0.39, 0.29) is 24.6 Å². The lowest BCUT2D eigenvalue weighted by Crippen LogP contribution is -2.55. The molecule has 0 heterocycles. The third-order valence-corrected chi connectivity index (χ3v) is 6.65. The summed E-state index contributed by atoms with van der Waals surface area (Å²) in [7, 11) is 0. The van der Waals surface area contributed by atoms with Crippen LogP contribution in [-0.2, 0) is 27.2 Å². The zero-order chi connectivity index (χ0) is 28.8. The van der Waals surface area contributed by atoms with Gasteiger partial charge in [0.15, 0.2) is 0 Å². The average molecular weight is 526 g/mol. The fraction of sp³-hybridized carbons (Fsp3) is 0.500. The summed E-state index contributed by atoms with van der Waals surface area (Å²) in [5, 5.41) is 12.1. The molecule has 2 atom stereocenters. The van der Waals surface area contributed by atoms with Gasteiger partial charge in [0.05, 0.1) is 6.04 Å². The highest BCUT2D eigenvalue weighted by Gasteiger charge is 2.31. The van der Waals surface area contributed by atoms with Gasteiger partial charge in [0.1, 0.15) is 17.4 Å². The number of nitrogens with one attached hydrogen (secondary N) is 1. The predicted octanol–water partition coefficient (Wildman–Crippen LogP) is 4.40. The maximum absolute atomic E-state index is 13.6. The first kappa shape index (κ1) is 30.8. The molecule has 0 aliphatic carbocycles. The van der Waals surface area contributed by atoms with Gasteiger partial charge in [-0.1, -0.05) is 18.2 Å². The van der Waals surface area contributed by atoms with Gasteiger partial charge in [-0.3, -0.25) is 14.9 Å². The van der Waals surface area contributed by atoms with E-state index in [1.165, 1.54) is 21.6 Å². The van der Waals surface area contributed by atoms with Gasteiger partial charge in [-0.25, -0.2) is 4.79 Å². The first-order chi connectivity index (χ1) is 17.6. The molecular weight excluding hydrogens is 482 g/mol. The van der Waals surface area contributed by atoms with Crippen LogP contribution in [0, 0.1) is 27.7 Å². The van der Waals surface area contributed by atoms with Gasteiger partial charge in [-0.2, -0.15) is 0 Å². The molecule has 208 valence electrons. The number of phenols is 1. The number of ether oxygens (including phenoxy) is 1. The molecule has 0 bridgehead atoms. The summed E-state index contributed by atoms with van der Waals surface area (Å²) in [4.78, 5) is 40.3. The summed E-state index contributed by atoms with van der Waals surface area (Å²) in [6.45, 7) is 14.8. The molecule has 0 unspecified atom stereocenters. The van der Waals surface area contributed by atoms with E-state index in [0.717, 1.165) is 23.1 Å². The van der Waals surface area contributed by atoms with E-state index >= 15 is 0 Å². The Morgan fingerprint density at radius 2 is 1.55 bits per heavy atom. The highest BCUT2D eigenvalue weighted by molar-refractivity contribution is 5.97. The number of alkyl carbamates (subject to hydrolysis) is 1. The van der Waals surface area contributed by atoms with Crippen LogP contribution in [0.25, 0.3) is 0 Å². The highest BCUT2D eigenvalue weighted by atomic mass is 16.6. The summed E-state index contributed by atoms with van der Waals surface area (Å²) in [5.41, 5.74) is 11.7. The Kier molecular flexibility index (Phi) is 10.5. The van der Waals surface area contributed by atoms with Crippen LogP contribution in [0.2, 0.25) is 0 Å². The number of rotatable bonds is 9. The lowest BCUT2D eigenvalue weighted by molar-refractivity contribution is -0.140. The topological polar surface area (TPSA) is 122 Å². The number of nitrogens with two attached hydrogens (primary N) is 1. The molecule has 0 aliphatic heterocycles. The molecule has 0 fully saturated rings. The second-order valence-electron chi connectivity index (χ2n) is 11.0. The second-order valence-corrected chi connectivity index (χ2v) is 11.0. The number of hydrogen-bond acceptors (Lipinski definition) is 6. The Labute approximate surface area is 226 Å². The van der Waals surface area contributed by atoms with Crippen LogP contribution in [0.1, 0.15) is 67.5 Å². The van der Waals surface area contributed by atoms with Gasteiger partial charge in [0, 0.05) is 6.54 Å². The minimum absolute atomic E-state index is 0.157. The van der Waals surface area contributed by atoms with Crippen molar-refractivity contribution in [1.29, 1.82) is 0 Å². The zero-order valence-electron chi connectivity index (χ0n) is 24.0. The number of nitrogens with zero attached hydrogens (tertiary/aromatic N) is 1. The number of carbonyl (C=O) groups is 3. The number of aromatic hydroxyl groups is 1. The van der Waals surface area contributed by atoms with E-state index in [1.807, 2.05) is 19.9 Å². The van der Waals surface area contributed by atoms with Crippen LogP contribution in [0.4, 0.5) is 4.79 Å². The van der Waals surface area contributed by atoms with Crippen LogP contribution in [0.3, 0.4) is 0 Å². The number of aryl methyl sites for hydroxylation is 4. The second kappa shape index (κ2) is 12.9. The third kappa shape index (κ3) is 8.58. The highest BCUT2D eigenvalue weighted by Crippen LogP contribution is 2.23. The number of carbonyl (C=O) groups excluding carboxylic acids is 3. The number of benzene rings is 2. The van der Waals surface area contributed by atoms with Crippen LogP contribution >= 0.6 is 0 Å². The molecule has 0 aliphatic rings. The molecule has 4 N–H and O–H groups in total. The number of phenolic OH excluding ortho intramolecular Hbond substituents is 1. The Balaban J connectivity index is 2.24. The molecule has 0 aromatic heterocycles. The normalized spacial score (nSPS) is 13.0. The van der Waals surface area contributed by atoms with Gasteiger partial charge in [-0.15, -0.1) is 0 Å². The van der Waals surface area contributed by atoms with Crippen molar-refractivity contribution in [2.75, 3.05) is 6.54 Å². The molecule has 0 spiro atoms. The van der Waals surface area contributed by atoms with Crippen molar-refractivity contribution in [2.45, 2.75) is 92.3 Å². The van der Waals surface area contributed by atoms with E-state index in [0.29, 0.717) is 6.42 Å². The SMILES string of the molecule is Cc1cccc(C)c1CCCN(C(=O)[C@@H](N)Cc1c(C)cc(O)cc1C)[C@H](C)C(=O)NC(=O)OC(C)(C)C. The molecule has 0 saturated carbocycles. The fourth-order valence-electron chi connectivity index (χ4n) is 4.63. The average Bonchev–Trinajstić information content (AvgIpc) is 2.78. The largest absolute Gasteiger partial charge is 0.508 e. The number of amides is 3. The van der Waals surface area contributed by atoms with Crippen LogP contribution < -0.4 is 11.1 Å². The van der Waals surface area contributed by atoms with Gasteiger partial charge >= 0.3 is 6.09 Å². The molecule has 2 rings (SSSR count). The predicted molar refractivity (Wildman–Crippen MR) is 149 cm³/mol. The molecule has 38 heavy (non-hydrogen) atoms. The molecule has 0 radical (unpaired) electrons. The fourth-order valence-corrected chi connectivity index (χ4v) is 4.63. The summed E-state index contributed by atoms with van der Waals surface area (Å²) < 4.78 is 5.21. The van der Waals surface area contributed by atoms with Crippen molar-refractivity contribution < 1.29 is 24.2 Å². The Morgan fingerprint density at radius 1 is 1.00 bits per heavy atom. The maximum Gasteiger partial charge on any atom is 0.414 e. The Morgan fingerprint density at radius 3 is 2.08 bits per heavy atom. The van der Waals surface area contributed by atoms with Crippen molar-refractivity contribution in [3.05, 3.63) is 63.7 Å². The third-order valence-electron chi connectivity index (χ3n) is 6.65. The first-order valence-electron chi connectivity index (χ1n) is 13.0. The monoisotopic (exact) mass is 525 g/mol. The summed E-state index contributed by atoms with van der Waals surface area (Å²) >= 11 is 0. The number of imide groups is 1. The standard InChI is InChI=1S/C30H43N3O5/c1-18-11-9-12-19(2)24(18)13-10-14-33(22(5)27(35)32-29(37)38-30(6,7)8)28(36)26(31)17-25-20(3)15-23(34)16-21(25)4/h9,11-12,15-16,22,26,34H,10,13-14,17,31H2,1-8H3,(H,32,35,37)/t22-,26+/m1/s1. The van der Waals surface area contributed by atoms with Crippen molar-refractivity contribution in [3.63, 3.8) is 0 Å². The van der Waals surface area contributed by atoms with Gasteiger partial charge in [0.25, 0.3) is 5.91 Å². The molecule has 0 saturated heterocycles. The molecule has 2 aromatic rings. The first-order valence-corrected chi connectivity index (χ1v) is 13.0. The zero-order valence-corrected chi connectivity index (χ0v) is 24.0. The van der Waals surface area contributed by atoms with Crippen molar-refractivity contribution in [2.24, 2.45) is 5.73 Å². The van der Waals surface area contributed by atoms with Crippen LogP contribution in [-0.4, -0.2) is 52.1 Å². The quantitative estimate of drug-likeness (QED) is 0.446. The van der Waals surface area contributed by atoms with Crippen molar-refractivity contribution >= 4 is 17.9 Å². The number of hydrogen-bond donors (Lipinski definition) is 3. The molecule has 2 aromatic carbocycles. The smallest absolute Gasteiger partial charge is 0.414 e. The lowest BCUT2D eigenvalue weighted by atomic mass is 9.95. The van der Waals surface area contributed by atoms with E-state index in [4.69, 9.17) is 10.5 Å². The minimum atomic E-state index is -0.943. The van der Waals surface area contributed by atoms with Gasteiger partial charge in [0.2, 0.25) is 5.91 Å². The van der Waals surface area contributed by atoms with E-state index < -0.39 is 29.7 Å². The van der Waals surface area contributed by atoms with E-state index in [1.54, 1.807) is 39.8 Å². The Hall–Kier alpha value is -3.39. The van der Waals surface area contributed by atoms with Crippen LogP contribution in [0.5, 0.6) is 5.75 Å².